The van der Waals surface area contributed by atoms with Crippen molar-refractivity contribution < 1.29 is 9.59 Å². The summed E-state index contributed by atoms with van der Waals surface area (Å²) in [5.74, 6) is 0.958. The molecule has 4 aliphatic rings. The second kappa shape index (κ2) is 9.12. The highest BCUT2D eigenvalue weighted by Gasteiger charge is 2.34. The van der Waals surface area contributed by atoms with Crippen molar-refractivity contribution in [2.24, 2.45) is 11.8 Å². The van der Waals surface area contributed by atoms with Gasteiger partial charge in [0.1, 0.15) is 0 Å². The van der Waals surface area contributed by atoms with Crippen LogP contribution in [-0.4, -0.2) is 84.9 Å². The maximum absolute atomic E-state index is 12.6. The Labute approximate surface area is 170 Å². The van der Waals surface area contributed by atoms with Gasteiger partial charge in [-0.3, -0.25) is 14.5 Å². The number of nitrogens with one attached hydrogen (secondary N) is 1. The van der Waals surface area contributed by atoms with Crippen LogP contribution in [0, 0.1) is 11.8 Å². The van der Waals surface area contributed by atoms with Gasteiger partial charge in [0.2, 0.25) is 0 Å². The molecular formula is C22H38N4O2. The van der Waals surface area contributed by atoms with E-state index in [-0.39, 0.29) is 17.9 Å². The molecule has 1 aliphatic carbocycles. The first-order chi connectivity index (χ1) is 13.6. The van der Waals surface area contributed by atoms with E-state index in [1.807, 2.05) is 0 Å². The summed E-state index contributed by atoms with van der Waals surface area (Å²) in [6.07, 6.45) is 11.1. The number of rotatable bonds is 3. The van der Waals surface area contributed by atoms with Gasteiger partial charge in [0.05, 0.1) is 0 Å². The minimum atomic E-state index is -0.380. The molecule has 158 valence electrons. The maximum Gasteiger partial charge on any atom is 0.311 e. The maximum atomic E-state index is 12.6. The number of piperidine rings is 2. The first-order valence-corrected chi connectivity index (χ1v) is 11.6. The van der Waals surface area contributed by atoms with Gasteiger partial charge in [-0.25, -0.2) is 0 Å². The van der Waals surface area contributed by atoms with E-state index in [0.29, 0.717) is 6.04 Å². The van der Waals surface area contributed by atoms with Gasteiger partial charge in [-0.15, -0.1) is 0 Å². The molecule has 0 aromatic carbocycles. The van der Waals surface area contributed by atoms with Crippen LogP contribution in [0.15, 0.2) is 0 Å². The van der Waals surface area contributed by atoms with Crippen LogP contribution in [0.5, 0.6) is 0 Å². The van der Waals surface area contributed by atoms with Gasteiger partial charge in [-0.2, -0.15) is 0 Å². The van der Waals surface area contributed by atoms with Gasteiger partial charge in [0, 0.05) is 38.3 Å². The van der Waals surface area contributed by atoms with Crippen LogP contribution in [0.3, 0.4) is 0 Å². The van der Waals surface area contributed by atoms with E-state index in [0.717, 1.165) is 70.4 Å². The van der Waals surface area contributed by atoms with Gasteiger partial charge in [0.15, 0.2) is 0 Å². The summed E-state index contributed by atoms with van der Waals surface area (Å²) in [7, 11) is 2.19. The van der Waals surface area contributed by atoms with Crippen molar-refractivity contribution in [2.45, 2.75) is 69.9 Å². The Morgan fingerprint density at radius 3 is 2.11 bits per heavy atom. The number of amides is 2. The molecule has 2 amide bonds. The Kier molecular flexibility index (Phi) is 6.56. The lowest BCUT2D eigenvalue weighted by atomic mass is 9.83. The summed E-state index contributed by atoms with van der Waals surface area (Å²) in [5, 5.41) is 3.04. The monoisotopic (exact) mass is 390 g/mol. The molecule has 0 radical (unpaired) electrons. The second-order valence-corrected chi connectivity index (χ2v) is 9.66. The Bertz CT molecular complexity index is 547. The number of carbonyl (C=O) groups excluding carboxylic acids is 2. The average molecular weight is 391 g/mol. The molecule has 3 saturated heterocycles. The molecule has 4 rings (SSSR count). The van der Waals surface area contributed by atoms with E-state index in [2.05, 4.69) is 22.2 Å². The standard InChI is InChI=1S/C22H38N4O2/c1-24-11-9-20(10-12-24)26-15-8-19(16-26)23-21(27)22(28)25-13-6-18(7-14-25)17-4-2-3-5-17/h17-20H,2-16H2,1H3,(H,23,27). The highest BCUT2D eigenvalue weighted by molar-refractivity contribution is 6.35. The molecule has 3 aliphatic heterocycles. The number of carbonyl (C=O) groups is 2. The van der Waals surface area contributed by atoms with Gasteiger partial charge in [-0.1, -0.05) is 25.7 Å². The van der Waals surface area contributed by atoms with Crippen molar-refractivity contribution in [2.75, 3.05) is 46.3 Å². The summed E-state index contributed by atoms with van der Waals surface area (Å²) in [6.45, 7) is 5.79. The van der Waals surface area contributed by atoms with Crippen LogP contribution in [0.1, 0.15) is 57.8 Å². The molecule has 0 spiro atoms. The lowest BCUT2D eigenvalue weighted by Gasteiger charge is -2.35. The number of likely N-dealkylation sites (tertiary alicyclic amines) is 3. The Balaban J connectivity index is 1.19. The highest BCUT2D eigenvalue weighted by Crippen LogP contribution is 2.36. The van der Waals surface area contributed by atoms with Crippen molar-refractivity contribution in [3.05, 3.63) is 0 Å². The third-order valence-electron chi connectivity index (χ3n) is 7.85. The summed E-state index contributed by atoms with van der Waals surface area (Å²) in [5.41, 5.74) is 0. The van der Waals surface area contributed by atoms with Gasteiger partial charge < -0.3 is 15.1 Å². The van der Waals surface area contributed by atoms with Crippen molar-refractivity contribution in [1.82, 2.24) is 20.0 Å². The first-order valence-electron chi connectivity index (χ1n) is 11.6. The third kappa shape index (κ3) is 4.70. The molecule has 0 aromatic heterocycles. The second-order valence-electron chi connectivity index (χ2n) is 9.66. The molecule has 1 atom stereocenters. The molecule has 1 unspecified atom stereocenters. The van der Waals surface area contributed by atoms with Crippen LogP contribution in [0.2, 0.25) is 0 Å². The van der Waals surface area contributed by atoms with Crippen molar-refractivity contribution in [3.8, 4) is 0 Å². The largest absolute Gasteiger partial charge is 0.344 e. The third-order valence-corrected chi connectivity index (χ3v) is 7.85. The zero-order chi connectivity index (χ0) is 19.5. The minimum Gasteiger partial charge on any atom is -0.344 e. The molecule has 6 heteroatoms. The summed E-state index contributed by atoms with van der Waals surface area (Å²) < 4.78 is 0. The SMILES string of the molecule is CN1CCC(N2CCC(NC(=O)C(=O)N3CCC(C4CCCC4)CC3)C2)CC1. The highest BCUT2D eigenvalue weighted by atomic mass is 16.2. The van der Waals surface area contributed by atoms with Crippen molar-refractivity contribution in [3.63, 3.8) is 0 Å². The van der Waals surface area contributed by atoms with Gasteiger partial charge in [-0.05, 0) is 64.1 Å². The van der Waals surface area contributed by atoms with Crippen LogP contribution in [-0.2, 0) is 9.59 Å². The first kappa shape index (κ1) is 20.1. The van der Waals surface area contributed by atoms with E-state index >= 15 is 0 Å². The van der Waals surface area contributed by atoms with Crippen LogP contribution in [0.4, 0.5) is 0 Å². The zero-order valence-corrected chi connectivity index (χ0v) is 17.6. The van der Waals surface area contributed by atoms with E-state index in [1.165, 1.54) is 38.5 Å². The number of hydrogen-bond acceptors (Lipinski definition) is 4. The Morgan fingerprint density at radius 1 is 0.786 bits per heavy atom. The van der Waals surface area contributed by atoms with Gasteiger partial charge >= 0.3 is 11.8 Å². The smallest absolute Gasteiger partial charge is 0.311 e. The summed E-state index contributed by atoms with van der Waals surface area (Å²) >= 11 is 0. The van der Waals surface area contributed by atoms with Crippen molar-refractivity contribution >= 4 is 11.8 Å². The molecule has 28 heavy (non-hydrogen) atoms. The van der Waals surface area contributed by atoms with E-state index in [9.17, 15) is 9.59 Å². The lowest BCUT2D eigenvalue weighted by molar-refractivity contribution is -0.147. The Hall–Kier alpha value is -1.14. The molecule has 4 fully saturated rings. The molecule has 0 aromatic rings. The molecule has 1 saturated carbocycles. The molecule has 0 bridgehead atoms. The predicted molar refractivity (Wildman–Crippen MR) is 110 cm³/mol. The van der Waals surface area contributed by atoms with Crippen LogP contribution >= 0.6 is 0 Å². The fourth-order valence-electron chi connectivity index (χ4n) is 5.99. The van der Waals surface area contributed by atoms with E-state index in [1.54, 1.807) is 4.90 Å². The molecule has 1 N–H and O–H groups in total. The minimum absolute atomic E-state index is 0.132. The summed E-state index contributed by atoms with van der Waals surface area (Å²) in [6, 6.07) is 0.774. The number of nitrogens with zero attached hydrogens (tertiary/aromatic N) is 3. The normalized spacial score (nSPS) is 29.5. The quantitative estimate of drug-likeness (QED) is 0.746. The summed E-state index contributed by atoms with van der Waals surface area (Å²) in [4.78, 5) is 31.9. The average Bonchev–Trinajstić information content (AvgIpc) is 3.40. The fraction of sp³-hybridized carbons (Fsp3) is 0.909. The van der Waals surface area contributed by atoms with Crippen LogP contribution < -0.4 is 5.32 Å². The molecule has 6 nitrogen and oxygen atoms in total. The van der Waals surface area contributed by atoms with E-state index in [4.69, 9.17) is 0 Å². The lowest BCUT2D eigenvalue weighted by Crippen LogP contribution is -2.50. The Morgan fingerprint density at radius 2 is 1.43 bits per heavy atom. The van der Waals surface area contributed by atoms with Crippen molar-refractivity contribution in [1.29, 1.82) is 0 Å². The predicted octanol–water partition coefficient (Wildman–Crippen LogP) is 1.70. The molecular weight excluding hydrogens is 352 g/mol. The topological polar surface area (TPSA) is 55.9 Å². The fourth-order valence-corrected chi connectivity index (χ4v) is 5.99. The molecule has 3 heterocycles. The number of hydrogen-bond donors (Lipinski definition) is 1. The van der Waals surface area contributed by atoms with E-state index < -0.39 is 0 Å². The van der Waals surface area contributed by atoms with Gasteiger partial charge in [0.25, 0.3) is 0 Å². The van der Waals surface area contributed by atoms with Crippen LogP contribution in [0.25, 0.3) is 0 Å². The zero-order valence-electron chi connectivity index (χ0n) is 17.6.